The number of hydrogen-bond acceptors (Lipinski definition) is 5. The highest BCUT2D eigenvalue weighted by atomic mass is 19.1. The Balaban J connectivity index is 1.38. The first-order valence-corrected chi connectivity index (χ1v) is 8.66. The summed E-state index contributed by atoms with van der Waals surface area (Å²) in [6, 6.07) is 4.78. The van der Waals surface area contributed by atoms with Crippen LogP contribution in [0.5, 0.6) is 0 Å². The van der Waals surface area contributed by atoms with Crippen LogP contribution in [0.1, 0.15) is 31.2 Å². The van der Waals surface area contributed by atoms with Crippen LogP contribution >= 0.6 is 0 Å². The van der Waals surface area contributed by atoms with Gasteiger partial charge in [0.1, 0.15) is 18.0 Å². The van der Waals surface area contributed by atoms with Gasteiger partial charge >= 0.3 is 0 Å². The second kappa shape index (κ2) is 6.81. The molecule has 0 unspecified atom stereocenters. The van der Waals surface area contributed by atoms with E-state index in [2.05, 4.69) is 24.8 Å². The van der Waals surface area contributed by atoms with E-state index in [0.717, 1.165) is 43.9 Å². The molecule has 0 N–H and O–H groups in total. The van der Waals surface area contributed by atoms with Crippen molar-refractivity contribution in [3.05, 3.63) is 48.4 Å². The molecule has 1 aliphatic heterocycles. The van der Waals surface area contributed by atoms with E-state index in [1.165, 1.54) is 19.0 Å². The SMILES string of the molecule is Fc1cncc(CN2CCC(N(c3ccncn3)C3CC3)CC2)c1. The van der Waals surface area contributed by atoms with E-state index in [-0.39, 0.29) is 5.82 Å². The van der Waals surface area contributed by atoms with Crippen molar-refractivity contribution in [3.63, 3.8) is 0 Å². The standard InChI is InChI=1S/C18H22FN5/c19-15-9-14(10-21-11-15)12-23-7-4-17(5-8-23)24(16-1-2-16)18-3-6-20-13-22-18/h3,6,9-11,13,16-17H,1-2,4-5,7-8,12H2. The lowest BCUT2D eigenvalue weighted by molar-refractivity contribution is 0.200. The third kappa shape index (κ3) is 3.53. The molecule has 3 heterocycles. The van der Waals surface area contributed by atoms with Gasteiger partial charge in [-0.25, -0.2) is 14.4 Å². The van der Waals surface area contributed by atoms with Gasteiger partial charge in [0.2, 0.25) is 0 Å². The molecule has 1 aliphatic carbocycles. The number of aromatic nitrogens is 3. The normalized spacial score (nSPS) is 19.4. The molecule has 0 atom stereocenters. The molecule has 2 aliphatic rings. The summed E-state index contributed by atoms with van der Waals surface area (Å²) >= 11 is 0. The van der Waals surface area contributed by atoms with Crippen molar-refractivity contribution < 1.29 is 4.39 Å². The van der Waals surface area contributed by atoms with Gasteiger partial charge in [0.05, 0.1) is 6.20 Å². The molecule has 0 amide bonds. The molecule has 2 aromatic rings. The number of halogens is 1. The topological polar surface area (TPSA) is 45.2 Å². The van der Waals surface area contributed by atoms with Crippen LogP contribution in [0, 0.1) is 5.82 Å². The Morgan fingerprint density at radius 3 is 2.54 bits per heavy atom. The van der Waals surface area contributed by atoms with Crippen LogP contribution in [-0.4, -0.2) is 45.0 Å². The van der Waals surface area contributed by atoms with E-state index in [1.807, 2.05) is 12.3 Å². The second-order valence-corrected chi connectivity index (χ2v) is 6.72. The van der Waals surface area contributed by atoms with E-state index in [9.17, 15) is 4.39 Å². The van der Waals surface area contributed by atoms with Crippen molar-refractivity contribution in [2.24, 2.45) is 0 Å². The third-order valence-electron chi connectivity index (χ3n) is 4.89. The van der Waals surface area contributed by atoms with Crippen molar-refractivity contribution >= 4 is 5.82 Å². The lowest BCUT2D eigenvalue weighted by Crippen LogP contribution is -2.46. The van der Waals surface area contributed by atoms with Gasteiger partial charge in [0, 0.05) is 44.1 Å². The van der Waals surface area contributed by atoms with Gasteiger partial charge < -0.3 is 4.90 Å². The molecule has 0 radical (unpaired) electrons. The maximum Gasteiger partial charge on any atom is 0.141 e. The van der Waals surface area contributed by atoms with Crippen molar-refractivity contribution in [2.45, 2.75) is 44.3 Å². The Morgan fingerprint density at radius 1 is 1.08 bits per heavy atom. The molecule has 4 rings (SSSR count). The molecule has 2 aromatic heterocycles. The third-order valence-corrected chi connectivity index (χ3v) is 4.89. The van der Waals surface area contributed by atoms with Gasteiger partial charge in [0.25, 0.3) is 0 Å². The number of hydrogen-bond donors (Lipinski definition) is 0. The van der Waals surface area contributed by atoms with Crippen LogP contribution in [0.4, 0.5) is 10.2 Å². The summed E-state index contributed by atoms with van der Waals surface area (Å²) in [5.74, 6) is 0.798. The highest BCUT2D eigenvalue weighted by Crippen LogP contribution is 2.35. The smallest absolute Gasteiger partial charge is 0.141 e. The summed E-state index contributed by atoms with van der Waals surface area (Å²) in [5.41, 5.74) is 0.947. The maximum atomic E-state index is 13.3. The van der Waals surface area contributed by atoms with Crippen LogP contribution < -0.4 is 4.90 Å². The molecule has 1 saturated carbocycles. The molecule has 2 fully saturated rings. The zero-order valence-electron chi connectivity index (χ0n) is 13.7. The lowest BCUT2D eigenvalue weighted by atomic mass is 10.0. The molecular weight excluding hydrogens is 305 g/mol. The van der Waals surface area contributed by atoms with Gasteiger partial charge in [-0.3, -0.25) is 9.88 Å². The van der Waals surface area contributed by atoms with Crippen LogP contribution in [-0.2, 0) is 6.54 Å². The molecule has 0 aromatic carbocycles. The highest BCUT2D eigenvalue weighted by molar-refractivity contribution is 5.41. The molecule has 5 nitrogen and oxygen atoms in total. The average Bonchev–Trinajstić information content (AvgIpc) is 3.43. The van der Waals surface area contributed by atoms with E-state index in [1.54, 1.807) is 18.6 Å². The number of rotatable bonds is 5. The van der Waals surface area contributed by atoms with Gasteiger partial charge in [-0.1, -0.05) is 0 Å². The van der Waals surface area contributed by atoms with Gasteiger partial charge in [0.15, 0.2) is 0 Å². The fourth-order valence-corrected chi connectivity index (χ4v) is 3.62. The number of likely N-dealkylation sites (tertiary alicyclic amines) is 1. The minimum absolute atomic E-state index is 0.258. The van der Waals surface area contributed by atoms with Crippen molar-refractivity contribution in [3.8, 4) is 0 Å². The first-order valence-electron chi connectivity index (χ1n) is 8.66. The minimum Gasteiger partial charge on any atom is -0.350 e. The largest absolute Gasteiger partial charge is 0.350 e. The van der Waals surface area contributed by atoms with Crippen molar-refractivity contribution in [1.29, 1.82) is 0 Å². The summed E-state index contributed by atoms with van der Waals surface area (Å²) < 4.78 is 13.3. The summed E-state index contributed by atoms with van der Waals surface area (Å²) in [5, 5.41) is 0. The summed E-state index contributed by atoms with van der Waals surface area (Å²) in [4.78, 5) is 17.3. The molecule has 1 saturated heterocycles. The number of nitrogens with zero attached hydrogens (tertiary/aromatic N) is 5. The second-order valence-electron chi connectivity index (χ2n) is 6.72. The van der Waals surface area contributed by atoms with Crippen LogP contribution in [0.15, 0.2) is 37.1 Å². The quantitative estimate of drug-likeness (QED) is 0.845. The average molecular weight is 327 g/mol. The Kier molecular flexibility index (Phi) is 4.38. The fraction of sp³-hybridized carbons (Fsp3) is 0.500. The van der Waals surface area contributed by atoms with Crippen LogP contribution in [0.25, 0.3) is 0 Å². The van der Waals surface area contributed by atoms with E-state index >= 15 is 0 Å². The molecule has 6 heteroatoms. The minimum atomic E-state index is -0.258. The van der Waals surface area contributed by atoms with Gasteiger partial charge in [-0.15, -0.1) is 0 Å². The predicted octanol–water partition coefficient (Wildman–Crippen LogP) is 2.64. The Hall–Kier alpha value is -2.08. The van der Waals surface area contributed by atoms with E-state index in [0.29, 0.717) is 12.1 Å². The van der Waals surface area contributed by atoms with Crippen LogP contribution in [0.2, 0.25) is 0 Å². The molecule has 0 spiro atoms. The summed E-state index contributed by atoms with van der Waals surface area (Å²) in [6.45, 7) is 2.82. The Labute approximate surface area is 141 Å². The first-order chi connectivity index (χ1) is 11.8. The summed E-state index contributed by atoms with van der Waals surface area (Å²) in [7, 11) is 0. The van der Waals surface area contributed by atoms with Gasteiger partial charge in [-0.2, -0.15) is 0 Å². The molecular formula is C18H22FN5. The van der Waals surface area contributed by atoms with Crippen molar-refractivity contribution in [2.75, 3.05) is 18.0 Å². The first kappa shape index (κ1) is 15.4. The Bertz CT molecular complexity index is 668. The van der Waals surface area contributed by atoms with Gasteiger partial charge in [-0.05, 0) is 43.4 Å². The molecule has 0 bridgehead atoms. The van der Waals surface area contributed by atoms with Crippen molar-refractivity contribution in [1.82, 2.24) is 19.9 Å². The predicted molar refractivity (Wildman–Crippen MR) is 90.0 cm³/mol. The molecule has 24 heavy (non-hydrogen) atoms. The number of anilines is 1. The monoisotopic (exact) mass is 327 g/mol. The highest BCUT2D eigenvalue weighted by Gasteiger charge is 2.36. The van der Waals surface area contributed by atoms with E-state index < -0.39 is 0 Å². The number of piperidine rings is 1. The van der Waals surface area contributed by atoms with E-state index in [4.69, 9.17) is 0 Å². The summed E-state index contributed by atoms with van der Waals surface area (Å²) in [6.07, 6.45) is 11.2. The number of pyridine rings is 1. The Morgan fingerprint density at radius 2 is 1.88 bits per heavy atom. The lowest BCUT2D eigenvalue weighted by Gasteiger charge is -2.39. The maximum absolute atomic E-state index is 13.3. The zero-order chi connectivity index (χ0) is 16.4. The zero-order valence-corrected chi connectivity index (χ0v) is 13.7. The molecule has 126 valence electrons. The fourth-order valence-electron chi connectivity index (χ4n) is 3.62. The van der Waals surface area contributed by atoms with Crippen LogP contribution in [0.3, 0.4) is 0 Å².